The topological polar surface area (TPSA) is 129 Å². The average molecular weight is 450 g/mol. The van der Waals surface area contributed by atoms with E-state index in [-0.39, 0.29) is 5.56 Å². The second kappa shape index (κ2) is 10.1. The van der Waals surface area contributed by atoms with Gasteiger partial charge in [-0.25, -0.2) is 9.78 Å². The highest BCUT2D eigenvalue weighted by Crippen LogP contribution is 2.30. The van der Waals surface area contributed by atoms with Gasteiger partial charge >= 0.3 is 5.97 Å². The minimum absolute atomic E-state index is 0.190. The molecule has 0 atom stereocenters. The van der Waals surface area contributed by atoms with Gasteiger partial charge in [-0.05, 0) is 43.3 Å². The van der Waals surface area contributed by atoms with Crippen LogP contribution in [0.15, 0.2) is 53.5 Å². The van der Waals surface area contributed by atoms with Gasteiger partial charge in [0.2, 0.25) is 0 Å². The van der Waals surface area contributed by atoms with E-state index >= 15 is 0 Å². The number of fused-ring (bicyclic) bond motifs is 2. The van der Waals surface area contributed by atoms with Gasteiger partial charge in [0, 0.05) is 43.2 Å². The normalized spacial score (nSPS) is 10.7. The van der Waals surface area contributed by atoms with E-state index < -0.39 is 11.9 Å². The van der Waals surface area contributed by atoms with Crippen LogP contribution in [0.25, 0.3) is 33.2 Å². The van der Waals surface area contributed by atoms with Crippen LogP contribution in [0.4, 0.5) is 0 Å². The van der Waals surface area contributed by atoms with Crippen LogP contribution >= 0.6 is 0 Å². The molecule has 4 rings (SSSR count). The Labute approximate surface area is 190 Å². The summed E-state index contributed by atoms with van der Waals surface area (Å²) in [6.45, 7) is 2.35. The van der Waals surface area contributed by atoms with Crippen molar-refractivity contribution in [2.45, 2.75) is 19.9 Å². The molecule has 0 aliphatic carbocycles. The van der Waals surface area contributed by atoms with E-state index in [0.717, 1.165) is 35.3 Å². The Hall–Kier alpha value is -3.98. The molecular weight excluding hydrogens is 424 g/mol. The van der Waals surface area contributed by atoms with E-state index in [1.807, 2.05) is 36.5 Å². The summed E-state index contributed by atoms with van der Waals surface area (Å²) in [6, 6.07) is 12.9. The van der Waals surface area contributed by atoms with Gasteiger partial charge in [0.1, 0.15) is 5.69 Å². The summed E-state index contributed by atoms with van der Waals surface area (Å²) in [6.07, 6.45) is 2.71. The third-order valence-electron chi connectivity index (χ3n) is 5.14. The number of benzene rings is 2. The summed E-state index contributed by atoms with van der Waals surface area (Å²) in [7, 11) is 3.09. The Morgan fingerprint density at radius 1 is 1.15 bits per heavy atom. The van der Waals surface area contributed by atoms with E-state index in [9.17, 15) is 9.59 Å². The molecule has 9 heteroatoms. The number of ether oxygens (including phenoxy) is 1. The van der Waals surface area contributed by atoms with Crippen molar-refractivity contribution in [3.05, 3.63) is 64.6 Å². The van der Waals surface area contributed by atoms with Crippen molar-refractivity contribution >= 4 is 33.9 Å². The number of carboxylic acid groups (broad SMARTS) is 1. The average Bonchev–Trinajstić information content (AvgIpc) is 3.16. The maximum absolute atomic E-state index is 13.1. The van der Waals surface area contributed by atoms with Crippen molar-refractivity contribution in [1.29, 1.82) is 0 Å². The van der Waals surface area contributed by atoms with E-state index in [0.29, 0.717) is 29.9 Å². The Morgan fingerprint density at radius 2 is 1.85 bits per heavy atom. The molecule has 0 saturated heterocycles. The maximum atomic E-state index is 13.1. The smallest absolute Gasteiger partial charge is 0.337 e. The molecule has 2 aromatic carbocycles. The number of para-hydroxylation sites is 2. The zero-order valence-electron chi connectivity index (χ0n) is 18.7. The molecular formula is C24H26N4O5. The van der Waals surface area contributed by atoms with E-state index in [1.54, 1.807) is 23.7 Å². The molecule has 2 heterocycles. The largest absolute Gasteiger partial charge is 0.481 e. The summed E-state index contributed by atoms with van der Waals surface area (Å²) in [5.74, 6) is -1.26. The summed E-state index contributed by atoms with van der Waals surface area (Å²) in [5, 5.41) is 8.20. The Balaban J connectivity index is 0.000000709. The second-order valence-electron chi connectivity index (χ2n) is 7.43. The molecule has 2 aromatic heterocycles. The van der Waals surface area contributed by atoms with Crippen LogP contribution in [0.1, 0.15) is 23.7 Å². The van der Waals surface area contributed by atoms with Crippen molar-refractivity contribution in [3.8, 4) is 11.3 Å². The van der Waals surface area contributed by atoms with Crippen molar-refractivity contribution in [3.63, 3.8) is 0 Å². The molecule has 4 aromatic rings. The third-order valence-corrected chi connectivity index (χ3v) is 5.14. The fourth-order valence-electron chi connectivity index (χ4n) is 3.63. The molecule has 0 fully saturated rings. The quantitative estimate of drug-likeness (QED) is 0.447. The number of hydrogen-bond acceptors (Lipinski definition) is 6. The monoisotopic (exact) mass is 450 g/mol. The van der Waals surface area contributed by atoms with Crippen LogP contribution in [0.3, 0.4) is 0 Å². The highest BCUT2D eigenvalue weighted by atomic mass is 16.5. The van der Waals surface area contributed by atoms with Crippen LogP contribution in [-0.2, 0) is 23.1 Å². The first-order valence-corrected chi connectivity index (χ1v) is 10.4. The lowest BCUT2D eigenvalue weighted by Crippen LogP contribution is -2.20. The van der Waals surface area contributed by atoms with Crippen LogP contribution in [0, 0.1) is 0 Å². The fraction of sp³-hybridized carbons (Fsp3) is 0.250. The van der Waals surface area contributed by atoms with Gasteiger partial charge in [-0.2, -0.15) is 0 Å². The van der Waals surface area contributed by atoms with Gasteiger partial charge in [-0.1, -0.05) is 12.1 Å². The summed E-state index contributed by atoms with van der Waals surface area (Å²) >= 11 is 0. The van der Waals surface area contributed by atoms with E-state index in [4.69, 9.17) is 20.4 Å². The first-order valence-electron chi connectivity index (χ1n) is 10.4. The van der Waals surface area contributed by atoms with Crippen LogP contribution in [-0.4, -0.2) is 44.8 Å². The highest BCUT2D eigenvalue weighted by molar-refractivity contribution is 6.01. The van der Waals surface area contributed by atoms with Crippen molar-refractivity contribution in [1.82, 2.24) is 14.1 Å². The molecule has 33 heavy (non-hydrogen) atoms. The van der Waals surface area contributed by atoms with Gasteiger partial charge in [-0.3, -0.25) is 9.59 Å². The van der Waals surface area contributed by atoms with Gasteiger partial charge in [0.05, 0.1) is 23.7 Å². The lowest BCUT2D eigenvalue weighted by Gasteiger charge is -2.07. The van der Waals surface area contributed by atoms with Crippen LogP contribution in [0.5, 0.6) is 0 Å². The SMILES string of the molecule is CC(=O)O.COC(=O)c1ccc2c(c1)c(-c1nc3ccccc3n(C)c1=O)cn2CCCN. The zero-order chi connectivity index (χ0) is 24.1. The number of aryl methyl sites for hydroxylation is 2. The molecule has 0 aliphatic heterocycles. The Kier molecular flexibility index (Phi) is 7.24. The van der Waals surface area contributed by atoms with Crippen molar-refractivity contribution < 1.29 is 19.4 Å². The number of carboxylic acids is 1. The molecule has 0 unspecified atom stereocenters. The number of aliphatic carboxylic acids is 1. The minimum atomic E-state index is -0.833. The zero-order valence-corrected chi connectivity index (χ0v) is 18.7. The standard InChI is InChI=1S/C22H22N4O3.C2H4O2/c1-25-19-7-4-3-6-17(19)24-20(21(25)27)16-13-26(11-5-10-23)18-9-8-14(12-15(16)18)22(28)29-2;1-2(3)4/h3-4,6-9,12-13H,5,10-11,23H2,1-2H3;1H3,(H,3,4). The van der Waals surface area contributed by atoms with Crippen molar-refractivity contribution in [2.75, 3.05) is 13.7 Å². The Bertz CT molecular complexity index is 1380. The summed E-state index contributed by atoms with van der Waals surface area (Å²) in [4.78, 5) is 38.8. The predicted molar refractivity (Wildman–Crippen MR) is 126 cm³/mol. The van der Waals surface area contributed by atoms with Gasteiger partial charge in [-0.15, -0.1) is 0 Å². The number of nitrogens with two attached hydrogens (primary N) is 1. The summed E-state index contributed by atoms with van der Waals surface area (Å²) in [5.41, 5.74) is 9.38. The molecule has 3 N–H and O–H groups in total. The highest BCUT2D eigenvalue weighted by Gasteiger charge is 2.18. The molecule has 0 bridgehead atoms. The molecule has 0 spiro atoms. The Morgan fingerprint density at radius 3 is 2.52 bits per heavy atom. The van der Waals surface area contributed by atoms with E-state index in [1.165, 1.54) is 7.11 Å². The first kappa shape index (κ1) is 23.7. The van der Waals surface area contributed by atoms with Gasteiger partial charge in [0.15, 0.2) is 0 Å². The maximum Gasteiger partial charge on any atom is 0.337 e. The first-order chi connectivity index (χ1) is 15.8. The summed E-state index contributed by atoms with van der Waals surface area (Å²) < 4.78 is 8.51. The predicted octanol–water partition coefficient (Wildman–Crippen LogP) is 2.78. The van der Waals surface area contributed by atoms with Crippen LogP contribution in [0.2, 0.25) is 0 Å². The molecule has 0 aliphatic rings. The number of esters is 1. The number of carbonyl (C=O) groups is 2. The number of rotatable bonds is 5. The van der Waals surface area contributed by atoms with Gasteiger partial charge < -0.3 is 24.7 Å². The lowest BCUT2D eigenvalue weighted by atomic mass is 10.1. The van der Waals surface area contributed by atoms with Gasteiger partial charge in [0.25, 0.3) is 11.5 Å². The number of carbonyl (C=O) groups excluding carboxylic acids is 1. The third kappa shape index (κ3) is 4.93. The van der Waals surface area contributed by atoms with E-state index in [2.05, 4.69) is 9.55 Å². The van der Waals surface area contributed by atoms with Crippen molar-refractivity contribution in [2.24, 2.45) is 12.8 Å². The molecule has 0 amide bonds. The number of nitrogens with zero attached hydrogens (tertiary/aromatic N) is 3. The molecule has 172 valence electrons. The molecule has 0 radical (unpaired) electrons. The second-order valence-corrected chi connectivity index (χ2v) is 7.43. The molecule has 0 saturated carbocycles. The number of aromatic nitrogens is 3. The number of methoxy groups -OCH3 is 1. The minimum Gasteiger partial charge on any atom is -0.481 e. The lowest BCUT2D eigenvalue weighted by molar-refractivity contribution is -0.134. The fourth-order valence-corrected chi connectivity index (χ4v) is 3.63. The molecule has 9 nitrogen and oxygen atoms in total. The number of hydrogen-bond donors (Lipinski definition) is 2. The van der Waals surface area contributed by atoms with Crippen LogP contribution < -0.4 is 11.3 Å².